The first-order chi connectivity index (χ1) is 10.2. The number of rotatable bonds is 3. The van der Waals surface area contributed by atoms with Crippen molar-refractivity contribution < 1.29 is 19.3 Å². The van der Waals surface area contributed by atoms with E-state index in [0.717, 1.165) is 17.1 Å². The molecule has 0 saturated carbocycles. The normalized spacial score (nSPS) is 12.3. The number of ether oxygens (including phenoxy) is 3. The maximum absolute atomic E-state index is 9.64. The number of anilines is 2. The molecule has 0 bridgehead atoms. The summed E-state index contributed by atoms with van der Waals surface area (Å²) in [5.41, 5.74) is 2.46. The SMILES string of the molecule is COc1ccc2c(c1)Oc1c(ccc(OC)c1CO)N2C. The van der Waals surface area contributed by atoms with Gasteiger partial charge in [0.15, 0.2) is 11.5 Å². The zero-order valence-corrected chi connectivity index (χ0v) is 12.2. The van der Waals surface area contributed by atoms with Crippen molar-refractivity contribution in [2.75, 3.05) is 26.2 Å². The van der Waals surface area contributed by atoms with Crippen molar-refractivity contribution in [1.82, 2.24) is 0 Å². The third kappa shape index (κ3) is 2.06. The highest BCUT2D eigenvalue weighted by Gasteiger charge is 2.26. The second-order valence-corrected chi connectivity index (χ2v) is 4.75. The number of benzene rings is 2. The molecule has 2 aromatic rings. The molecule has 5 heteroatoms. The molecule has 2 aromatic carbocycles. The van der Waals surface area contributed by atoms with Gasteiger partial charge in [-0.1, -0.05) is 0 Å². The maximum Gasteiger partial charge on any atom is 0.160 e. The fraction of sp³-hybridized carbons (Fsp3) is 0.250. The lowest BCUT2D eigenvalue weighted by Crippen LogP contribution is -2.17. The molecule has 110 valence electrons. The predicted molar refractivity (Wildman–Crippen MR) is 80.0 cm³/mol. The molecule has 0 saturated heterocycles. The molecule has 1 aliphatic rings. The van der Waals surface area contributed by atoms with Gasteiger partial charge in [-0.3, -0.25) is 0 Å². The highest BCUT2D eigenvalue weighted by Crippen LogP contribution is 2.50. The van der Waals surface area contributed by atoms with Crippen molar-refractivity contribution in [2.45, 2.75) is 6.61 Å². The minimum absolute atomic E-state index is 0.153. The zero-order chi connectivity index (χ0) is 15.0. The number of methoxy groups -OCH3 is 2. The largest absolute Gasteiger partial charge is 0.497 e. The Morgan fingerprint density at radius 3 is 2.52 bits per heavy atom. The second kappa shape index (κ2) is 5.18. The molecule has 3 rings (SSSR count). The Morgan fingerprint density at radius 1 is 1.10 bits per heavy atom. The molecule has 1 N–H and O–H groups in total. The van der Waals surface area contributed by atoms with E-state index in [2.05, 4.69) is 0 Å². The van der Waals surface area contributed by atoms with Crippen LogP contribution in [-0.2, 0) is 6.61 Å². The van der Waals surface area contributed by atoms with E-state index in [-0.39, 0.29) is 6.61 Å². The number of fused-ring (bicyclic) bond motifs is 2. The van der Waals surface area contributed by atoms with Gasteiger partial charge in [-0.2, -0.15) is 0 Å². The summed E-state index contributed by atoms with van der Waals surface area (Å²) in [6.45, 7) is -0.153. The molecule has 0 unspecified atom stereocenters. The van der Waals surface area contributed by atoms with E-state index in [0.29, 0.717) is 22.8 Å². The first kappa shape index (κ1) is 13.6. The van der Waals surface area contributed by atoms with Crippen molar-refractivity contribution in [3.8, 4) is 23.0 Å². The van der Waals surface area contributed by atoms with E-state index >= 15 is 0 Å². The molecule has 1 heterocycles. The van der Waals surface area contributed by atoms with E-state index in [9.17, 15) is 5.11 Å². The quantitative estimate of drug-likeness (QED) is 0.940. The summed E-state index contributed by atoms with van der Waals surface area (Å²) in [7, 11) is 5.15. The monoisotopic (exact) mass is 287 g/mol. The molecule has 0 fully saturated rings. The standard InChI is InChI=1S/C16H17NO4/c1-17-12-5-4-10(19-2)8-15(12)21-16-11(9-18)14(20-3)7-6-13(16)17/h4-8,18H,9H2,1-3H3. The summed E-state index contributed by atoms with van der Waals surface area (Å²) in [6, 6.07) is 9.41. The van der Waals surface area contributed by atoms with E-state index < -0.39 is 0 Å². The Labute approximate surface area is 123 Å². The van der Waals surface area contributed by atoms with Crippen LogP contribution >= 0.6 is 0 Å². The maximum atomic E-state index is 9.64. The molecular formula is C16H17NO4. The van der Waals surface area contributed by atoms with Crippen LogP contribution in [0.1, 0.15) is 5.56 Å². The average molecular weight is 287 g/mol. The number of nitrogens with zero attached hydrogens (tertiary/aromatic N) is 1. The Bertz CT molecular complexity index is 684. The van der Waals surface area contributed by atoms with Gasteiger partial charge >= 0.3 is 0 Å². The fourth-order valence-electron chi connectivity index (χ4n) is 2.54. The molecule has 0 aliphatic carbocycles. The first-order valence-corrected chi connectivity index (χ1v) is 6.60. The average Bonchev–Trinajstić information content (AvgIpc) is 2.53. The minimum atomic E-state index is -0.153. The number of hydrogen-bond acceptors (Lipinski definition) is 5. The van der Waals surface area contributed by atoms with Crippen LogP contribution in [0.4, 0.5) is 11.4 Å². The van der Waals surface area contributed by atoms with Crippen LogP contribution < -0.4 is 19.1 Å². The molecule has 0 aromatic heterocycles. The first-order valence-electron chi connectivity index (χ1n) is 6.60. The lowest BCUT2D eigenvalue weighted by Gasteiger charge is -2.31. The molecule has 21 heavy (non-hydrogen) atoms. The van der Waals surface area contributed by atoms with Crippen LogP contribution in [0.3, 0.4) is 0 Å². The van der Waals surface area contributed by atoms with E-state index in [1.165, 1.54) is 0 Å². The van der Waals surface area contributed by atoms with Gasteiger partial charge in [-0.15, -0.1) is 0 Å². The van der Waals surface area contributed by atoms with Crippen molar-refractivity contribution in [1.29, 1.82) is 0 Å². The lowest BCUT2D eigenvalue weighted by atomic mass is 10.1. The molecule has 5 nitrogen and oxygen atoms in total. The van der Waals surface area contributed by atoms with Crippen molar-refractivity contribution in [3.63, 3.8) is 0 Å². The molecule has 1 aliphatic heterocycles. The number of aliphatic hydroxyl groups is 1. The third-order valence-electron chi connectivity index (χ3n) is 3.68. The summed E-state index contributed by atoms with van der Waals surface area (Å²) in [6.07, 6.45) is 0. The van der Waals surface area contributed by atoms with E-state index in [1.54, 1.807) is 14.2 Å². The van der Waals surface area contributed by atoms with Gasteiger partial charge in [0.05, 0.1) is 37.8 Å². The highest BCUT2D eigenvalue weighted by atomic mass is 16.5. The van der Waals surface area contributed by atoms with Crippen LogP contribution in [0.5, 0.6) is 23.0 Å². The van der Waals surface area contributed by atoms with Gasteiger partial charge in [-0.25, -0.2) is 0 Å². The van der Waals surface area contributed by atoms with E-state index in [1.807, 2.05) is 42.3 Å². The van der Waals surface area contributed by atoms with Crippen LogP contribution in [-0.4, -0.2) is 26.4 Å². The molecule has 0 spiro atoms. The third-order valence-corrected chi connectivity index (χ3v) is 3.68. The summed E-state index contributed by atoms with van der Waals surface area (Å²) in [5.74, 6) is 2.63. The zero-order valence-electron chi connectivity index (χ0n) is 12.2. The van der Waals surface area contributed by atoms with Gasteiger partial charge in [0.2, 0.25) is 0 Å². The van der Waals surface area contributed by atoms with Gasteiger partial charge in [0, 0.05) is 13.1 Å². The van der Waals surface area contributed by atoms with Crippen molar-refractivity contribution >= 4 is 11.4 Å². The van der Waals surface area contributed by atoms with Crippen LogP contribution in [0.15, 0.2) is 30.3 Å². The summed E-state index contributed by atoms with van der Waals surface area (Å²) < 4.78 is 16.5. The summed E-state index contributed by atoms with van der Waals surface area (Å²) in [5, 5.41) is 9.64. The van der Waals surface area contributed by atoms with E-state index in [4.69, 9.17) is 14.2 Å². The summed E-state index contributed by atoms with van der Waals surface area (Å²) >= 11 is 0. The molecule has 0 amide bonds. The van der Waals surface area contributed by atoms with Crippen molar-refractivity contribution in [2.24, 2.45) is 0 Å². The Kier molecular flexibility index (Phi) is 3.35. The van der Waals surface area contributed by atoms with Gasteiger partial charge in [-0.05, 0) is 24.3 Å². The fourth-order valence-corrected chi connectivity index (χ4v) is 2.54. The predicted octanol–water partition coefficient (Wildman–Crippen LogP) is 3.07. The summed E-state index contributed by atoms with van der Waals surface area (Å²) in [4.78, 5) is 2.02. The van der Waals surface area contributed by atoms with Gasteiger partial charge in [0.25, 0.3) is 0 Å². The van der Waals surface area contributed by atoms with Crippen molar-refractivity contribution in [3.05, 3.63) is 35.9 Å². The number of aliphatic hydroxyl groups excluding tert-OH is 1. The Morgan fingerprint density at radius 2 is 1.86 bits per heavy atom. The van der Waals surface area contributed by atoms with Crippen LogP contribution in [0.25, 0.3) is 0 Å². The second-order valence-electron chi connectivity index (χ2n) is 4.75. The van der Waals surface area contributed by atoms with Gasteiger partial charge < -0.3 is 24.2 Å². The topological polar surface area (TPSA) is 51.2 Å². The molecule has 0 atom stereocenters. The van der Waals surface area contributed by atoms with Crippen LogP contribution in [0, 0.1) is 0 Å². The van der Waals surface area contributed by atoms with Gasteiger partial charge in [0.1, 0.15) is 11.5 Å². The Hall–Kier alpha value is -2.40. The molecule has 0 radical (unpaired) electrons. The molecular weight excluding hydrogens is 270 g/mol. The number of hydrogen-bond donors (Lipinski definition) is 1. The lowest BCUT2D eigenvalue weighted by molar-refractivity contribution is 0.267. The highest BCUT2D eigenvalue weighted by molar-refractivity contribution is 5.80. The minimum Gasteiger partial charge on any atom is -0.497 e. The smallest absolute Gasteiger partial charge is 0.160 e. The van der Waals surface area contributed by atoms with Crippen LogP contribution in [0.2, 0.25) is 0 Å². The Balaban J connectivity index is 2.16.